The highest BCUT2D eigenvalue weighted by molar-refractivity contribution is 7.92. The van der Waals surface area contributed by atoms with Gasteiger partial charge in [-0.15, -0.1) is 0 Å². The van der Waals surface area contributed by atoms with Crippen LogP contribution in [0.1, 0.15) is 49.4 Å². The van der Waals surface area contributed by atoms with Crippen LogP contribution in [0.25, 0.3) is 0 Å². The first-order valence-corrected chi connectivity index (χ1v) is 13.6. The molecule has 8 heteroatoms. The zero-order valence-electron chi connectivity index (χ0n) is 20.5. The second-order valence-corrected chi connectivity index (χ2v) is 10.8. The molecule has 1 atom stereocenters. The number of carbonyl (C=O) groups is 1. The van der Waals surface area contributed by atoms with Crippen LogP contribution in [0, 0.1) is 5.82 Å². The molecule has 0 fully saturated rings. The molecule has 190 valence electrons. The zero-order chi connectivity index (χ0) is 25.7. The molecule has 6 nitrogen and oxygen atoms in total. The SMILES string of the molecule is CCOc1ccc(S(=O)(=O)N(CC(=O)NC(C)c2ccc3c(c2)CCCC3)c2ccc(F)cc2)cc1. The van der Waals surface area contributed by atoms with Crippen LogP contribution < -0.4 is 14.4 Å². The standard InChI is InChI=1S/C28H31FN2O4S/c1-3-35-26-14-16-27(17-15-26)36(33,34)31(25-12-10-24(29)11-13-25)19-28(32)30-20(2)22-9-8-21-6-4-5-7-23(21)18-22/h8-18,20H,3-7,19H2,1-2H3,(H,30,32). The molecule has 0 saturated heterocycles. The number of fused-ring (bicyclic) bond motifs is 1. The molecule has 3 aromatic rings. The van der Waals surface area contributed by atoms with Gasteiger partial charge in [-0.2, -0.15) is 0 Å². The lowest BCUT2D eigenvalue weighted by atomic mass is 9.89. The van der Waals surface area contributed by atoms with Crippen molar-refractivity contribution in [3.05, 3.63) is 89.2 Å². The molecular formula is C28H31FN2O4S. The van der Waals surface area contributed by atoms with Gasteiger partial charge >= 0.3 is 0 Å². The van der Waals surface area contributed by atoms with E-state index >= 15 is 0 Å². The number of anilines is 1. The van der Waals surface area contributed by atoms with Crippen LogP contribution in [-0.4, -0.2) is 27.5 Å². The third-order valence-electron chi connectivity index (χ3n) is 6.37. The molecule has 4 rings (SSSR count). The maximum Gasteiger partial charge on any atom is 0.264 e. The minimum Gasteiger partial charge on any atom is -0.494 e. The lowest BCUT2D eigenvalue weighted by Gasteiger charge is -2.25. The smallest absolute Gasteiger partial charge is 0.264 e. The van der Waals surface area contributed by atoms with E-state index in [0.717, 1.165) is 29.1 Å². The van der Waals surface area contributed by atoms with Crippen molar-refractivity contribution in [2.75, 3.05) is 17.5 Å². The summed E-state index contributed by atoms with van der Waals surface area (Å²) in [4.78, 5) is 13.1. The Morgan fingerprint density at radius 1 is 1.00 bits per heavy atom. The Bertz CT molecular complexity index is 1310. The van der Waals surface area contributed by atoms with E-state index in [4.69, 9.17) is 4.74 Å². The summed E-state index contributed by atoms with van der Waals surface area (Å²) in [5.41, 5.74) is 3.84. The summed E-state index contributed by atoms with van der Waals surface area (Å²) in [5, 5.41) is 2.92. The predicted molar refractivity (Wildman–Crippen MR) is 138 cm³/mol. The Kier molecular flexibility index (Phi) is 7.94. The maximum atomic E-state index is 13.6. The van der Waals surface area contributed by atoms with Crippen molar-refractivity contribution in [3.8, 4) is 5.75 Å². The molecule has 0 radical (unpaired) electrons. The largest absolute Gasteiger partial charge is 0.494 e. The summed E-state index contributed by atoms with van der Waals surface area (Å²) in [5.74, 6) is -0.414. The fraction of sp³-hybridized carbons (Fsp3) is 0.321. The van der Waals surface area contributed by atoms with E-state index in [-0.39, 0.29) is 16.6 Å². The van der Waals surface area contributed by atoms with Gasteiger partial charge in [0.15, 0.2) is 0 Å². The van der Waals surface area contributed by atoms with Crippen LogP contribution in [-0.2, 0) is 27.7 Å². The number of halogens is 1. The molecule has 36 heavy (non-hydrogen) atoms. The van der Waals surface area contributed by atoms with E-state index in [2.05, 4.69) is 17.4 Å². The minimum absolute atomic E-state index is 0.00538. The molecule has 1 aliphatic rings. The van der Waals surface area contributed by atoms with Crippen molar-refractivity contribution in [1.29, 1.82) is 0 Å². The molecule has 0 bridgehead atoms. The predicted octanol–water partition coefficient (Wildman–Crippen LogP) is 5.18. The van der Waals surface area contributed by atoms with Crippen LogP contribution in [0.3, 0.4) is 0 Å². The van der Waals surface area contributed by atoms with Gasteiger partial charge in [0.1, 0.15) is 18.1 Å². The van der Waals surface area contributed by atoms with Crippen molar-refractivity contribution in [2.24, 2.45) is 0 Å². The van der Waals surface area contributed by atoms with Crippen LogP contribution in [0.5, 0.6) is 5.75 Å². The molecular weight excluding hydrogens is 479 g/mol. The Labute approximate surface area is 212 Å². The zero-order valence-corrected chi connectivity index (χ0v) is 21.4. The molecule has 3 aromatic carbocycles. The molecule has 0 saturated carbocycles. The number of aryl methyl sites for hydroxylation is 2. The molecule has 0 heterocycles. The fourth-order valence-corrected chi connectivity index (χ4v) is 5.87. The number of nitrogens with zero attached hydrogens (tertiary/aromatic N) is 1. The average Bonchev–Trinajstić information content (AvgIpc) is 2.88. The fourth-order valence-electron chi connectivity index (χ4n) is 4.45. The normalized spacial score (nSPS) is 14.0. The van der Waals surface area contributed by atoms with Gasteiger partial charge in [0.05, 0.1) is 23.2 Å². The first-order chi connectivity index (χ1) is 17.3. The minimum atomic E-state index is -4.11. The highest BCUT2D eigenvalue weighted by Crippen LogP contribution is 2.27. The number of hydrogen-bond acceptors (Lipinski definition) is 4. The van der Waals surface area contributed by atoms with Gasteiger partial charge in [-0.25, -0.2) is 12.8 Å². The Balaban J connectivity index is 1.56. The number of rotatable bonds is 9. The van der Waals surface area contributed by atoms with Crippen molar-refractivity contribution in [3.63, 3.8) is 0 Å². The lowest BCUT2D eigenvalue weighted by Crippen LogP contribution is -2.41. The molecule has 0 aromatic heterocycles. The van der Waals surface area contributed by atoms with Crippen molar-refractivity contribution < 1.29 is 22.3 Å². The van der Waals surface area contributed by atoms with Crippen molar-refractivity contribution in [2.45, 2.75) is 50.5 Å². The summed E-state index contributed by atoms with van der Waals surface area (Å²) < 4.78 is 47.1. The molecule has 0 aliphatic heterocycles. The molecule has 0 spiro atoms. The number of hydrogen-bond donors (Lipinski definition) is 1. The van der Waals surface area contributed by atoms with Gasteiger partial charge in [0, 0.05) is 0 Å². The summed E-state index contributed by atoms with van der Waals surface area (Å²) in [7, 11) is -4.11. The maximum absolute atomic E-state index is 13.6. The van der Waals surface area contributed by atoms with Gasteiger partial charge in [0.2, 0.25) is 5.91 Å². The molecule has 1 amide bonds. The van der Waals surface area contributed by atoms with Crippen molar-refractivity contribution in [1.82, 2.24) is 5.32 Å². The highest BCUT2D eigenvalue weighted by Gasteiger charge is 2.28. The van der Waals surface area contributed by atoms with E-state index in [9.17, 15) is 17.6 Å². The second kappa shape index (κ2) is 11.1. The number of amides is 1. The van der Waals surface area contributed by atoms with Crippen LogP contribution >= 0.6 is 0 Å². The molecule has 1 N–H and O–H groups in total. The average molecular weight is 511 g/mol. The monoisotopic (exact) mass is 510 g/mol. The van der Waals surface area contributed by atoms with Gasteiger partial charge in [-0.05, 0) is 105 Å². The first kappa shape index (κ1) is 25.7. The van der Waals surface area contributed by atoms with E-state index in [1.165, 1.54) is 53.9 Å². The van der Waals surface area contributed by atoms with Gasteiger partial charge in [0.25, 0.3) is 10.0 Å². The third kappa shape index (κ3) is 5.87. The number of sulfonamides is 1. The Morgan fingerprint density at radius 3 is 2.33 bits per heavy atom. The summed E-state index contributed by atoms with van der Waals surface area (Å²) >= 11 is 0. The van der Waals surface area contributed by atoms with Gasteiger partial charge in [-0.1, -0.05) is 18.2 Å². The lowest BCUT2D eigenvalue weighted by molar-refractivity contribution is -0.120. The quantitative estimate of drug-likeness (QED) is 0.431. The Hall–Kier alpha value is -3.39. The van der Waals surface area contributed by atoms with Crippen LogP contribution in [0.15, 0.2) is 71.6 Å². The van der Waals surface area contributed by atoms with E-state index in [0.29, 0.717) is 12.4 Å². The van der Waals surface area contributed by atoms with E-state index in [1.807, 2.05) is 19.9 Å². The van der Waals surface area contributed by atoms with Gasteiger partial charge in [-0.3, -0.25) is 9.10 Å². The summed E-state index contributed by atoms with van der Waals surface area (Å²) in [6.07, 6.45) is 4.46. The summed E-state index contributed by atoms with van der Waals surface area (Å²) in [6, 6.07) is 17.0. The summed E-state index contributed by atoms with van der Waals surface area (Å²) in [6.45, 7) is 3.73. The first-order valence-electron chi connectivity index (χ1n) is 12.2. The second-order valence-electron chi connectivity index (χ2n) is 8.92. The third-order valence-corrected chi connectivity index (χ3v) is 8.16. The van der Waals surface area contributed by atoms with E-state index in [1.54, 1.807) is 12.1 Å². The number of carbonyl (C=O) groups excluding carboxylic acids is 1. The van der Waals surface area contributed by atoms with Crippen LogP contribution in [0.4, 0.5) is 10.1 Å². The van der Waals surface area contributed by atoms with E-state index < -0.39 is 28.3 Å². The topological polar surface area (TPSA) is 75.7 Å². The number of nitrogens with one attached hydrogen (secondary N) is 1. The highest BCUT2D eigenvalue weighted by atomic mass is 32.2. The van der Waals surface area contributed by atoms with Crippen molar-refractivity contribution >= 4 is 21.6 Å². The number of benzene rings is 3. The Morgan fingerprint density at radius 2 is 1.67 bits per heavy atom. The molecule has 1 unspecified atom stereocenters. The number of ether oxygens (including phenoxy) is 1. The molecule has 1 aliphatic carbocycles. The van der Waals surface area contributed by atoms with Gasteiger partial charge < -0.3 is 10.1 Å². The van der Waals surface area contributed by atoms with Crippen LogP contribution in [0.2, 0.25) is 0 Å².